The number of likely N-dealkylation sites (tertiary alicyclic amines) is 2. The molecule has 6 atom stereocenters. The van der Waals surface area contributed by atoms with Crippen molar-refractivity contribution in [2.45, 2.75) is 121 Å². The number of anilines is 2. The van der Waals surface area contributed by atoms with Gasteiger partial charge in [0.05, 0.1) is 60.5 Å². The first-order valence-corrected chi connectivity index (χ1v) is 27.0. The molecule has 4 aliphatic rings. The molecule has 22 heteroatoms. The van der Waals surface area contributed by atoms with Gasteiger partial charge in [-0.3, -0.25) is 9.59 Å². The molecule has 79 heavy (non-hydrogen) atoms. The number of methoxy groups -OCH3 is 2. The largest absolute Gasteiger partial charge is 0.453 e. The van der Waals surface area contributed by atoms with Crippen molar-refractivity contribution in [2.24, 2.45) is 11.8 Å². The Hall–Kier alpha value is -7.52. The summed E-state index contributed by atoms with van der Waals surface area (Å²) in [6.07, 6.45) is 2.12. The van der Waals surface area contributed by atoms with E-state index in [1.54, 1.807) is 31.7 Å². The Labute approximate surface area is 452 Å². The number of carbonyl (C=O) groups excluding carboxylic acids is 4. The number of benzene rings is 4. The summed E-state index contributed by atoms with van der Waals surface area (Å²) in [6.45, 7) is 8.44. The zero-order valence-electron chi connectivity index (χ0n) is 44.8. The molecule has 4 amide bonds. The number of rotatable bonds is 13. The third-order valence-electron chi connectivity index (χ3n) is 16.4. The molecule has 1 unspecified atom stereocenters. The van der Waals surface area contributed by atoms with E-state index in [1.807, 2.05) is 27.7 Å². The van der Waals surface area contributed by atoms with Gasteiger partial charge in [-0.05, 0) is 123 Å². The first kappa shape index (κ1) is 54.8. The van der Waals surface area contributed by atoms with E-state index >= 15 is 17.6 Å². The number of nitrogens with one attached hydrogen (secondary N) is 4. The van der Waals surface area contributed by atoms with Crippen molar-refractivity contribution >= 4 is 57.4 Å². The summed E-state index contributed by atoms with van der Waals surface area (Å²) in [4.78, 5) is 75.1. The van der Waals surface area contributed by atoms with Crippen LogP contribution in [-0.4, -0.2) is 106 Å². The number of halogens is 6. The predicted molar refractivity (Wildman–Crippen MR) is 282 cm³/mol. The van der Waals surface area contributed by atoms with Crippen molar-refractivity contribution in [3.05, 3.63) is 118 Å². The number of aromatic amines is 2. The van der Waals surface area contributed by atoms with Crippen LogP contribution in [0.3, 0.4) is 0 Å². The first-order valence-electron chi connectivity index (χ1n) is 27.0. The van der Waals surface area contributed by atoms with Gasteiger partial charge in [0.2, 0.25) is 11.8 Å². The van der Waals surface area contributed by atoms with E-state index in [0.29, 0.717) is 90.9 Å². The monoisotopic (exact) mass is 1100 g/mol. The van der Waals surface area contributed by atoms with E-state index in [9.17, 15) is 28.0 Å². The third kappa shape index (κ3) is 10.6. The van der Waals surface area contributed by atoms with Gasteiger partial charge in [0.15, 0.2) is 23.3 Å². The molecule has 0 spiro atoms. The van der Waals surface area contributed by atoms with Crippen molar-refractivity contribution in [3.8, 4) is 0 Å². The smallest absolute Gasteiger partial charge is 0.407 e. The van der Waals surface area contributed by atoms with E-state index in [-0.39, 0.29) is 78.0 Å². The molecule has 4 aliphatic heterocycles. The van der Waals surface area contributed by atoms with Crippen LogP contribution in [-0.2, 0) is 19.1 Å². The van der Waals surface area contributed by atoms with E-state index in [4.69, 9.17) is 19.4 Å². The molecular weight excluding hydrogens is 1030 g/mol. The Morgan fingerprint density at radius 2 is 1.03 bits per heavy atom. The standard InChI is InChI=1S/C57H64F6N10O6/c1-28(2)49(68-56(76)78-5)54(74)71-17-7-9-47(71)52-64-41-24-33(36(59)26-43(41)66-52)45-13-14-46(73(45)32-22-39(62)51(40(63)23-32)70-19-15-30(16-20-70)31-11-12-35(58)38(61)21-31)34-25-42-44(27-37(34)60)67-53(65-42)48-10-8-18-72(48)55(75)50(29(3)4)69-57(77)79-6/h11-12,21-30,45-50H,7-10,13-20H2,1-6H3,(H,64,66)(H,65,67)(H,68,76)(H,69,77)/t45-,46-,47+,48?,49+,50+/m1/s1. The summed E-state index contributed by atoms with van der Waals surface area (Å²) in [7, 11) is 2.43. The maximum atomic E-state index is 17.0. The number of imidazole rings is 2. The summed E-state index contributed by atoms with van der Waals surface area (Å²) in [5.74, 6) is -5.61. The highest BCUT2D eigenvalue weighted by molar-refractivity contribution is 5.88. The average Bonchev–Trinajstić information content (AvgIpc) is 4.36. The Balaban J connectivity index is 0.993. The van der Waals surface area contributed by atoms with Gasteiger partial charge in [0.25, 0.3) is 0 Å². The number of amides is 4. The van der Waals surface area contributed by atoms with Crippen LogP contribution < -0.4 is 20.4 Å². The number of hydrogen-bond acceptors (Lipinski definition) is 10. The maximum Gasteiger partial charge on any atom is 0.407 e. The second kappa shape index (κ2) is 22.3. The van der Waals surface area contributed by atoms with Gasteiger partial charge in [-0.15, -0.1) is 0 Å². The molecule has 6 heterocycles. The summed E-state index contributed by atoms with van der Waals surface area (Å²) in [5, 5.41) is 5.28. The van der Waals surface area contributed by atoms with E-state index in [1.165, 1.54) is 44.6 Å². The van der Waals surface area contributed by atoms with Crippen LogP contribution in [0.4, 0.5) is 47.3 Å². The first-order chi connectivity index (χ1) is 37.8. The van der Waals surface area contributed by atoms with Gasteiger partial charge in [-0.1, -0.05) is 33.8 Å². The quantitative estimate of drug-likeness (QED) is 0.0813. The summed E-state index contributed by atoms with van der Waals surface area (Å²) in [5.41, 5.74) is 2.00. The number of piperidine rings is 1. The predicted octanol–water partition coefficient (Wildman–Crippen LogP) is 10.8. The third-order valence-corrected chi connectivity index (χ3v) is 16.4. The molecule has 4 fully saturated rings. The molecule has 2 aromatic heterocycles. The van der Waals surface area contributed by atoms with E-state index in [2.05, 4.69) is 20.6 Å². The molecule has 0 radical (unpaired) electrons. The minimum absolute atomic E-state index is 0.0214. The number of alkyl carbamates (subject to hydrolysis) is 2. The molecule has 0 saturated carbocycles. The molecule has 4 aromatic carbocycles. The van der Waals surface area contributed by atoms with Gasteiger partial charge in [0, 0.05) is 43.0 Å². The van der Waals surface area contributed by atoms with Crippen molar-refractivity contribution in [1.29, 1.82) is 0 Å². The normalized spacial score (nSPS) is 20.7. The summed E-state index contributed by atoms with van der Waals surface area (Å²) >= 11 is 0. The minimum atomic E-state index is -0.971. The lowest BCUT2D eigenvalue weighted by Crippen LogP contribution is -2.51. The number of aromatic nitrogens is 4. The SMILES string of the molecule is COC(=O)N[C@H](C(=O)N1CCCC1c1nc2cc([C@H]3CC[C@H](c4cc5nc([C@@H]6CCCN6C(=O)[C@@H](NC(=O)OC)C(C)C)[nH]c5cc4F)N3c3cc(F)c(N4CCC(c5ccc(F)c(F)c5)CC4)c(F)c3)c(F)cc2[nH]1)C(C)C. The maximum absolute atomic E-state index is 17.0. The van der Waals surface area contributed by atoms with Crippen LogP contribution in [0.5, 0.6) is 0 Å². The Morgan fingerprint density at radius 3 is 1.46 bits per heavy atom. The fourth-order valence-corrected chi connectivity index (χ4v) is 12.3. The molecule has 10 rings (SSSR count). The Morgan fingerprint density at radius 1 is 0.557 bits per heavy atom. The lowest BCUT2D eigenvalue weighted by molar-refractivity contribution is -0.136. The molecule has 0 bridgehead atoms. The minimum Gasteiger partial charge on any atom is -0.453 e. The highest BCUT2D eigenvalue weighted by atomic mass is 19.2. The number of H-pyrrole nitrogens is 2. The Bertz CT molecular complexity index is 3130. The molecule has 4 saturated heterocycles. The van der Waals surface area contributed by atoms with Gasteiger partial charge in [0.1, 0.15) is 41.1 Å². The van der Waals surface area contributed by atoms with Gasteiger partial charge in [-0.25, -0.2) is 45.9 Å². The van der Waals surface area contributed by atoms with E-state index in [0.717, 1.165) is 12.1 Å². The molecule has 16 nitrogen and oxygen atoms in total. The van der Waals surface area contributed by atoms with Crippen LogP contribution in [0.15, 0.2) is 54.6 Å². The van der Waals surface area contributed by atoms with Gasteiger partial charge < -0.3 is 49.7 Å². The summed E-state index contributed by atoms with van der Waals surface area (Å²) in [6, 6.07) is 7.15. The number of nitrogens with zero attached hydrogens (tertiary/aromatic N) is 6. The number of hydrogen-bond donors (Lipinski definition) is 4. The van der Waals surface area contributed by atoms with Crippen LogP contribution in [0.25, 0.3) is 22.1 Å². The van der Waals surface area contributed by atoms with E-state index < -0.39 is 83.3 Å². The van der Waals surface area contributed by atoms with Crippen LogP contribution in [0.2, 0.25) is 0 Å². The zero-order valence-corrected chi connectivity index (χ0v) is 44.8. The lowest BCUT2D eigenvalue weighted by atomic mass is 9.89. The fraction of sp³-hybridized carbons (Fsp3) is 0.474. The number of fused-ring (bicyclic) bond motifs is 2. The molecule has 6 aromatic rings. The molecule has 4 N–H and O–H groups in total. The average molecular weight is 1100 g/mol. The zero-order chi connectivity index (χ0) is 56.1. The Kier molecular flexibility index (Phi) is 15.5. The fourth-order valence-electron chi connectivity index (χ4n) is 12.3. The molecular formula is C57H64F6N10O6. The van der Waals surface area contributed by atoms with Gasteiger partial charge in [-0.2, -0.15) is 0 Å². The second-order valence-corrected chi connectivity index (χ2v) is 21.8. The van der Waals surface area contributed by atoms with Crippen LogP contribution in [0, 0.1) is 46.7 Å². The highest BCUT2D eigenvalue weighted by Gasteiger charge is 2.43. The molecule has 0 aliphatic carbocycles. The van der Waals surface area contributed by atoms with Crippen molar-refractivity contribution < 1.29 is 55.0 Å². The van der Waals surface area contributed by atoms with Gasteiger partial charge >= 0.3 is 12.2 Å². The van der Waals surface area contributed by atoms with Crippen molar-refractivity contribution in [2.75, 3.05) is 50.2 Å². The van der Waals surface area contributed by atoms with Crippen LogP contribution in [0.1, 0.15) is 137 Å². The lowest BCUT2D eigenvalue weighted by Gasteiger charge is -2.36. The van der Waals surface area contributed by atoms with Crippen LogP contribution >= 0.6 is 0 Å². The van der Waals surface area contributed by atoms with Crippen molar-refractivity contribution in [1.82, 2.24) is 40.4 Å². The topological polar surface area (TPSA) is 181 Å². The summed E-state index contributed by atoms with van der Waals surface area (Å²) < 4.78 is 105. The number of ether oxygens (including phenoxy) is 2. The highest BCUT2D eigenvalue weighted by Crippen LogP contribution is 2.50. The second-order valence-electron chi connectivity index (χ2n) is 21.8. The van der Waals surface area contributed by atoms with Crippen molar-refractivity contribution in [3.63, 3.8) is 0 Å². The number of carbonyl (C=O) groups is 4. The molecule has 420 valence electrons.